The number of rotatable bonds is 6. The third-order valence-electron chi connectivity index (χ3n) is 7.62. The summed E-state index contributed by atoms with van der Waals surface area (Å²) in [4.78, 5) is 0. The highest BCUT2D eigenvalue weighted by Gasteiger charge is 2.59. The lowest BCUT2D eigenvalue weighted by Gasteiger charge is -2.45. The highest BCUT2D eigenvalue weighted by Crippen LogP contribution is 2.40. The van der Waals surface area contributed by atoms with Gasteiger partial charge in [-0.15, -0.1) is 0 Å². The van der Waals surface area contributed by atoms with Crippen molar-refractivity contribution < 1.29 is 59.8 Å². The molecule has 3 aliphatic rings. The number of hydrogen-bond donors (Lipinski definition) is 8. The summed E-state index contributed by atoms with van der Waals surface area (Å²) in [5.74, 6) is -1.99. The van der Waals surface area contributed by atoms with Crippen molar-refractivity contribution in [1.82, 2.24) is 0 Å². The van der Waals surface area contributed by atoms with E-state index < -0.39 is 104 Å². The first-order valence-corrected chi connectivity index (χ1v) is 11.3. The molecular weight excluding hydrogens is 444 g/mol. The topological polar surface area (TPSA) is 199 Å². The summed E-state index contributed by atoms with van der Waals surface area (Å²) >= 11 is 0. The van der Waals surface area contributed by atoms with Crippen LogP contribution in [0.2, 0.25) is 0 Å². The number of ether oxygens (including phenoxy) is 4. The van der Waals surface area contributed by atoms with Crippen molar-refractivity contribution >= 4 is 0 Å². The van der Waals surface area contributed by atoms with E-state index in [2.05, 4.69) is 0 Å². The summed E-state index contributed by atoms with van der Waals surface area (Å²) < 4.78 is 23.1. The smallest absolute Gasteiger partial charge is 0.187 e. The van der Waals surface area contributed by atoms with Gasteiger partial charge in [0.05, 0.1) is 43.7 Å². The normalized spacial score (nSPS) is 55.6. The van der Waals surface area contributed by atoms with Crippen LogP contribution in [-0.2, 0) is 18.9 Å². The first kappa shape index (κ1) is 27.1. The highest BCUT2D eigenvalue weighted by atomic mass is 16.8. The molecule has 2 heterocycles. The van der Waals surface area contributed by atoms with Gasteiger partial charge in [0.2, 0.25) is 0 Å². The molecule has 1 aliphatic carbocycles. The number of hydrogen-bond acceptors (Lipinski definition) is 12. The molecule has 0 aromatic carbocycles. The van der Waals surface area contributed by atoms with E-state index in [1.807, 2.05) is 0 Å². The summed E-state index contributed by atoms with van der Waals surface area (Å²) in [6, 6.07) is 0. The van der Waals surface area contributed by atoms with Gasteiger partial charge < -0.3 is 59.8 Å². The zero-order valence-electron chi connectivity index (χ0n) is 19.2. The van der Waals surface area contributed by atoms with Gasteiger partial charge in [0.25, 0.3) is 0 Å². The summed E-state index contributed by atoms with van der Waals surface area (Å²) in [6.45, 7) is 4.91. The average molecular weight is 483 g/mol. The zero-order chi connectivity index (χ0) is 24.8. The molecule has 0 aromatic heterocycles. The van der Waals surface area contributed by atoms with Gasteiger partial charge in [0.15, 0.2) is 12.6 Å². The van der Waals surface area contributed by atoms with Crippen LogP contribution < -0.4 is 0 Å². The van der Waals surface area contributed by atoms with Crippen molar-refractivity contribution in [2.75, 3.05) is 13.2 Å². The van der Waals surface area contributed by atoms with Crippen molar-refractivity contribution in [2.24, 2.45) is 17.8 Å². The van der Waals surface area contributed by atoms with Crippen molar-refractivity contribution in [3.8, 4) is 0 Å². The molecule has 1 saturated carbocycles. The van der Waals surface area contributed by atoms with Gasteiger partial charge in [-0.3, -0.25) is 0 Å². The first-order chi connectivity index (χ1) is 15.4. The second-order valence-corrected chi connectivity index (χ2v) is 9.71. The van der Waals surface area contributed by atoms with Gasteiger partial charge in [0, 0.05) is 17.8 Å². The molecule has 33 heavy (non-hydrogen) atoms. The van der Waals surface area contributed by atoms with Crippen LogP contribution in [0.5, 0.6) is 0 Å². The molecule has 0 bridgehead atoms. The molecule has 2 aliphatic heterocycles. The monoisotopic (exact) mass is 482 g/mol. The lowest BCUT2D eigenvalue weighted by atomic mass is 9.75. The Bertz CT molecular complexity index is 635. The Kier molecular flexibility index (Phi) is 8.42. The molecule has 12 nitrogen and oxygen atoms in total. The van der Waals surface area contributed by atoms with Gasteiger partial charge >= 0.3 is 0 Å². The van der Waals surface area contributed by atoms with Crippen LogP contribution in [0.15, 0.2) is 0 Å². The van der Waals surface area contributed by atoms with Crippen molar-refractivity contribution in [3.63, 3.8) is 0 Å². The van der Waals surface area contributed by atoms with Crippen molar-refractivity contribution in [1.29, 1.82) is 0 Å². The Labute approximate surface area is 192 Å². The highest BCUT2D eigenvalue weighted by molar-refractivity contribution is 5.03. The molecule has 3 rings (SSSR count). The van der Waals surface area contributed by atoms with Gasteiger partial charge in [-0.2, -0.15) is 0 Å². The standard InChI is InChI=1S/C21H38O12/c1-7-12(24)8(2)17(16(28)13(7)25)32-20-18(21(29,6-23)10(4)30-20)33-19-9(3)14(26)15(27)11(5-22)31-19/h7-20,22-29H,5-6H2,1-4H3/t7?,8?,9?,10?,11?,12?,13?,14?,15?,16?,17?,18-,19?,20?,21?/m1/s1. The molecular formula is C21H38O12. The first-order valence-electron chi connectivity index (χ1n) is 11.3. The minimum atomic E-state index is -1.96. The second-order valence-electron chi connectivity index (χ2n) is 9.71. The number of aliphatic hydroxyl groups excluding tert-OH is 7. The Hall–Kier alpha value is -0.480. The van der Waals surface area contributed by atoms with E-state index >= 15 is 0 Å². The molecule has 0 spiro atoms. The molecule has 0 amide bonds. The molecule has 0 aromatic rings. The van der Waals surface area contributed by atoms with Crippen LogP contribution >= 0.6 is 0 Å². The second kappa shape index (κ2) is 10.2. The molecule has 8 N–H and O–H groups in total. The fourth-order valence-corrected chi connectivity index (χ4v) is 4.93. The minimum Gasteiger partial charge on any atom is -0.394 e. The largest absolute Gasteiger partial charge is 0.394 e. The van der Waals surface area contributed by atoms with E-state index in [1.54, 1.807) is 20.8 Å². The van der Waals surface area contributed by atoms with Crippen molar-refractivity contribution in [3.05, 3.63) is 0 Å². The maximum absolute atomic E-state index is 11.1. The zero-order valence-corrected chi connectivity index (χ0v) is 19.2. The summed E-state index contributed by atoms with van der Waals surface area (Å²) in [5, 5.41) is 82.2. The Morgan fingerprint density at radius 2 is 1.30 bits per heavy atom. The fraction of sp³-hybridized carbons (Fsp3) is 1.00. The Balaban J connectivity index is 1.84. The summed E-state index contributed by atoms with van der Waals surface area (Å²) in [5.41, 5.74) is -1.96. The van der Waals surface area contributed by atoms with Crippen LogP contribution in [0.3, 0.4) is 0 Å². The molecule has 2 saturated heterocycles. The van der Waals surface area contributed by atoms with E-state index in [-0.39, 0.29) is 0 Å². The van der Waals surface area contributed by atoms with Gasteiger partial charge in [-0.25, -0.2) is 0 Å². The molecule has 194 valence electrons. The van der Waals surface area contributed by atoms with Gasteiger partial charge in [-0.05, 0) is 6.92 Å². The predicted molar refractivity (Wildman–Crippen MR) is 109 cm³/mol. The molecule has 14 unspecified atom stereocenters. The fourth-order valence-electron chi connectivity index (χ4n) is 4.93. The van der Waals surface area contributed by atoms with Crippen molar-refractivity contribution in [2.45, 2.75) is 101 Å². The third kappa shape index (κ3) is 4.69. The van der Waals surface area contributed by atoms with Gasteiger partial charge in [-0.1, -0.05) is 20.8 Å². The lowest BCUT2D eigenvalue weighted by molar-refractivity contribution is -0.328. The van der Waals surface area contributed by atoms with Gasteiger partial charge in [0.1, 0.15) is 30.0 Å². The minimum absolute atomic E-state index is 0.591. The third-order valence-corrected chi connectivity index (χ3v) is 7.62. The average Bonchev–Trinajstić information content (AvgIpc) is 3.03. The number of aliphatic hydroxyl groups is 8. The maximum Gasteiger partial charge on any atom is 0.187 e. The lowest BCUT2D eigenvalue weighted by Crippen LogP contribution is -2.61. The SMILES string of the molecule is CC1C(O[C@@H]2C(OC3C(C)C(O)C(C)C(O)C3O)OC(C)C2(O)CO)OC(CO)C(O)C1O. The van der Waals surface area contributed by atoms with E-state index in [0.29, 0.717) is 0 Å². The quantitative estimate of drug-likeness (QED) is 0.188. The maximum atomic E-state index is 11.1. The molecule has 3 fully saturated rings. The van der Waals surface area contributed by atoms with Crippen LogP contribution in [0, 0.1) is 17.8 Å². The predicted octanol–water partition coefficient (Wildman–Crippen LogP) is -3.33. The van der Waals surface area contributed by atoms with Crippen LogP contribution in [0.25, 0.3) is 0 Å². The Morgan fingerprint density at radius 1 is 0.697 bits per heavy atom. The van der Waals surface area contributed by atoms with E-state index in [0.717, 1.165) is 0 Å². The van der Waals surface area contributed by atoms with Crippen LogP contribution in [0.1, 0.15) is 27.7 Å². The molecule has 15 atom stereocenters. The van der Waals surface area contributed by atoms with Crippen LogP contribution in [0.4, 0.5) is 0 Å². The summed E-state index contributed by atoms with van der Waals surface area (Å²) in [7, 11) is 0. The van der Waals surface area contributed by atoms with E-state index in [1.165, 1.54) is 6.92 Å². The Morgan fingerprint density at radius 3 is 1.88 bits per heavy atom. The molecule has 0 radical (unpaired) electrons. The summed E-state index contributed by atoms with van der Waals surface area (Å²) in [6.07, 6.45) is -13.4. The van der Waals surface area contributed by atoms with E-state index in [4.69, 9.17) is 18.9 Å². The van der Waals surface area contributed by atoms with Crippen LogP contribution in [-0.4, -0.2) is 127 Å². The molecule has 12 heteroatoms. The van der Waals surface area contributed by atoms with E-state index in [9.17, 15) is 40.9 Å².